The number of benzene rings is 2. The van der Waals surface area contributed by atoms with Gasteiger partial charge in [0.05, 0.1) is 6.61 Å². The van der Waals surface area contributed by atoms with Crippen LogP contribution in [0.25, 0.3) is 0 Å². The van der Waals surface area contributed by atoms with Crippen LogP contribution in [0.15, 0.2) is 42.5 Å². The standard InChI is InChI=1S/C18H19NO/c19-18(14-9-8-12-4-3-5-13(12)10-14)16-11-20-17-7-2-1-6-15(16)17/h1-2,6-10,16,18H,3-5,11,19H2. The van der Waals surface area contributed by atoms with Gasteiger partial charge in [0.25, 0.3) is 0 Å². The van der Waals surface area contributed by atoms with Gasteiger partial charge in [-0.3, -0.25) is 0 Å². The highest BCUT2D eigenvalue weighted by Gasteiger charge is 2.30. The lowest BCUT2D eigenvalue weighted by molar-refractivity contribution is 0.315. The molecule has 0 fully saturated rings. The maximum atomic E-state index is 6.53. The summed E-state index contributed by atoms with van der Waals surface area (Å²) in [6, 6.07) is 15.1. The van der Waals surface area contributed by atoms with Crippen molar-refractivity contribution < 1.29 is 4.74 Å². The Morgan fingerprint density at radius 1 is 1.05 bits per heavy atom. The molecule has 4 rings (SSSR count). The summed E-state index contributed by atoms with van der Waals surface area (Å²) >= 11 is 0. The van der Waals surface area contributed by atoms with Crippen LogP contribution in [-0.4, -0.2) is 6.61 Å². The largest absolute Gasteiger partial charge is 0.493 e. The summed E-state index contributed by atoms with van der Waals surface area (Å²) in [6.07, 6.45) is 3.71. The summed E-state index contributed by atoms with van der Waals surface area (Å²) in [5, 5.41) is 0. The van der Waals surface area contributed by atoms with Crippen molar-refractivity contribution >= 4 is 0 Å². The molecule has 2 aromatic rings. The first-order chi connectivity index (χ1) is 9.83. The monoisotopic (exact) mass is 265 g/mol. The molecule has 0 aromatic heterocycles. The quantitative estimate of drug-likeness (QED) is 0.903. The van der Waals surface area contributed by atoms with Crippen molar-refractivity contribution in [3.8, 4) is 5.75 Å². The van der Waals surface area contributed by atoms with Gasteiger partial charge in [-0.2, -0.15) is 0 Å². The van der Waals surface area contributed by atoms with E-state index in [9.17, 15) is 0 Å². The van der Waals surface area contributed by atoms with Crippen LogP contribution >= 0.6 is 0 Å². The lowest BCUT2D eigenvalue weighted by atomic mass is 9.88. The predicted octanol–water partition coefficient (Wildman–Crippen LogP) is 3.35. The Morgan fingerprint density at radius 2 is 1.90 bits per heavy atom. The van der Waals surface area contributed by atoms with Crippen LogP contribution in [0.5, 0.6) is 5.75 Å². The Morgan fingerprint density at radius 3 is 2.85 bits per heavy atom. The number of aryl methyl sites for hydroxylation is 2. The van der Waals surface area contributed by atoms with E-state index < -0.39 is 0 Å². The third kappa shape index (κ3) is 1.83. The average Bonchev–Trinajstić information content (AvgIpc) is 3.12. The van der Waals surface area contributed by atoms with Gasteiger partial charge in [0.15, 0.2) is 0 Å². The zero-order valence-corrected chi connectivity index (χ0v) is 11.5. The number of rotatable bonds is 2. The van der Waals surface area contributed by atoms with E-state index in [0.29, 0.717) is 6.61 Å². The van der Waals surface area contributed by atoms with Gasteiger partial charge < -0.3 is 10.5 Å². The van der Waals surface area contributed by atoms with E-state index in [0.717, 1.165) is 5.75 Å². The van der Waals surface area contributed by atoms with E-state index in [1.807, 2.05) is 12.1 Å². The fourth-order valence-corrected chi connectivity index (χ4v) is 3.52. The molecule has 0 saturated carbocycles. The van der Waals surface area contributed by atoms with Crippen molar-refractivity contribution in [3.05, 3.63) is 64.7 Å². The van der Waals surface area contributed by atoms with Crippen LogP contribution in [0.1, 0.15) is 40.6 Å². The molecule has 102 valence electrons. The molecule has 0 radical (unpaired) electrons. The molecular formula is C18H19NO. The minimum atomic E-state index is 0.0181. The van der Waals surface area contributed by atoms with Crippen LogP contribution in [0.4, 0.5) is 0 Å². The molecule has 1 aliphatic carbocycles. The van der Waals surface area contributed by atoms with Crippen LogP contribution in [0, 0.1) is 0 Å². The molecule has 1 aliphatic heterocycles. The molecule has 2 aliphatic rings. The highest BCUT2D eigenvalue weighted by molar-refractivity contribution is 5.43. The predicted molar refractivity (Wildman–Crippen MR) is 80.1 cm³/mol. The molecule has 2 N–H and O–H groups in total. The van der Waals surface area contributed by atoms with Gasteiger partial charge in [0.1, 0.15) is 5.75 Å². The van der Waals surface area contributed by atoms with E-state index in [2.05, 4.69) is 30.3 Å². The van der Waals surface area contributed by atoms with Crippen molar-refractivity contribution in [2.24, 2.45) is 5.73 Å². The van der Waals surface area contributed by atoms with Crippen molar-refractivity contribution in [1.82, 2.24) is 0 Å². The van der Waals surface area contributed by atoms with E-state index in [4.69, 9.17) is 10.5 Å². The van der Waals surface area contributed by atoms with E-state index in [-0.39, 0.29) is 12.0 Å². The highest BCUT2D eigenvalue weighted by Crippen LogP contribution is 2.40. The van der Waals surface area contributed by atoms with Gasteiger partial charge >= 0.3 is 0 Å². The first-order valence-corrected chi connectivity index (χ1v) is 7.42. The Balaban J connectivity index is 1.67. The molecule has 0 amide bonds. The van der Waals surface area contributed by atoms with Gasteiger partial charge in [-0.15, -0.1) is 0 Å². The molecule has 2 unspecified atom stereocenters. The van der Waals surface area contributed by atoms with Crippen LogP contribution in [-0.2, 0) is 12.8 Å². The number of hydrogen-bond acceptors (Lipinski definition) is 2. The lowest BCUT2D eigenvalue weighted by Gasteiger charge is -2.19. The van der Waals surface area contributed by atoms with Gasteiger partial charge in [0, 0.05) is 17.5 Å². The Labute approximate surface area is 119 Å². The zero-order valence-electron chi connectivity index (χ0n) is 11.5. The summed E-state index contributed by atoms with van der Waals surface area (Å²) in [6.45, 7) is 0.692. The third-order valence-corrected chi connectivity index (χ3v) is 4.68. The first-order valence-electron chi connectivity index (χ1n) is 7.42. The molecule has 1 heterocycles. The van der Waals surface area contributed by atoms with E-state index in [1.54, 1.807) is 0 Å². The smallest absolute Gasteiger partial charge is 0.122 e. The second kappa shape index (κ2) is 4.64. The normalized spacial score (nSPS) is 21.1. The van der Waals surface area contributed by atoms with Crippen molar-refractivity contribution in [2.45, 2.75) is 31.2 Å². The van der Waals surface area contributed by atoms with Crippen LogP contribution in [0.3, 0.4) is 0 Å². The molecule has 2 aromatic carbocycles. The Kier molecular flexibility index (Phi) is 2.78. The molecule has 2 heteroatoms. The topological polar surface area (TPSA) is 35.2 Å². The molecule has 2 atom stereocenters. The Bertz CT molecular complexity index is 650. The number of hydrogen-bond donors (Lipinski definition) is 1. The number of para-hydroxylation sites is 1. The fourth-order valence-electron chi connectivity index (χ4n) is 3.52. The second-order valence-corrected chi connectivity index (χ2v) is 5.86. The van der Waals surface area contributed by atoms with Gasteiger partial charge in [-0.05, 0) is 42.0 Å². The second-order valence-electron chi connectivity index (χ2n) is 5.86. The number of ether oxygens (including phenoxy) is 1. The summed E-state index contributed by atoms with van der Waals surface area (Å²) in [7, 11) is 0. The molecule has 2 nitrogen and oxygen atoms in total. The summed E-state index contributed by atoms with van der Waals surface area (Å²) in [5.41, 5.74) is 12.0. The van der Waals surface area contributed by atoms with Crippen LogP contribution < -0.4 is 10.5 Å². The third-order valence-electron chi connectivity index (χ3n) is 4.68. The molecule has 0 spiro atoms. The number of fused-ring (bicyclic) bond motifs is 2. The molecular weight excluding hydrogens is 246 g/mol. The Hall–Kier alpha value is -1.80. The van der Waals surface area contributed by atoms with Crippen molar-refractivity contribution in [2.75, 3.05) is 6.61 Å². The highest BCUT2D eigenvalue weighted by atomic mass is 16.5. The van der Waals surface area contributed by atoms with Gasteiger partial charge in [-0.1, -0.05) is 36.4 Å². The summed E-state index contributed by atoms with van der Waals surface area (Å²) < 4.78 is 5.77. The fraction of sp³-hybridized carbons (Fsp3) is 0.333. The maximum absolute atomic E-state index is 6.53. The van der Waals surface area contributed by atoms with E-state index >= 15 is 0 Å². The summed E-state index contributed by atoms with van der Waals surface area (Å²) in [4.78, 5) is 0. The van der Waals surface area contributed by atoms with Crippen LogP contribution in [0.2, 0.25) is 0 Å². The molecule has 0 saturated heterocycles. The lowest BCUT2D eigenvalue weighted by Crippen LogP contribution is -2.21. The molecule has 0 bridgehead atoms. The minimum Gasteiger partial charge on any atom is -0.493 e. The van der Waals surface area contributed by atoms with Gasteiger partial charge in [-0.25, -0.2) is 0 Å². The zero-order chi connectivity index (χ0) is 13.5. The maximum Gasteiger partial charge on any atom is 0.122 e. The summed E-state index contributed by atoms with van der Waals surface area (Å²) in [5.74, 6) is 1.26. The first kappa shape index (κ1) is 12.0. The molecule has 20 heavy (non-hydrogen) atoms. The van der Waals surface area contributed by atoms with Gasteiger partial charge in [0.2, 0.25) is 0 Å². The van der Waals surface area contributed by atoms with Crippen molar-refractivity contribution in [3.63, 3.8) is 0 Å². The van der Waals surface area contributed by atoms with Crippen molar-refractivity contribution in [1.29, 1.82) is 0 Å². The minimum absolute atomic E-state index is 0.0181. The van der Waals surface area contributed by atoms with E-state index in [1.165, 1.54) is 41.5 Å². The average molecular weight is 265 g/mol. The number of nitrogens with two attached hydrogens (primary N) is 1. The SMILES string of the molecule is NC(c1ccc2c(c1)CCC2)C1COc2ccccc21.